The number of benzene rings is 1. The highest BCUT2D eigenvalue weighted by Gasteiger charge is 2.25. The smallest absolute Gasteiger partial charge is 0.208 e. The summed E-state index contributed by atoms with van der Waals surface area (Å²) >= 11 is 0. The quantitative estimate of drug-likeness (QED) is 0.463. The molecule has 0 aromatic heterocycles. The van der Waals surface area contributed by atoms with Gasteiger partial charge in [-0.15, -0.1) is 0 Å². The van der Waals surface area contributed by atoms with E-state index in [1.807, 2.05) is 0 Å². The molecule has 92 valence electrons. The van der Waals surface area contributed by atoms with Crippen LogP contribution in [-0.4, -0.2) is 19.1 Å². The van der Waals surface area contributed by atoms with E-state index in [-0.39, 0.29) is 0 Å². The number of nitrogens with one attached hydrogen (secondary N) is 2. The minimum Gasteiger partial charge on any atom is -0.346 e. The molecule has 2 N–H and O–H groups in total. The van der Waals surface area contributed by atoms with Crippen molar-refractivity contribution in [2.45, 2.75) is 37.6 Å². The molecule has 1 aliphatic carbocycles. The van der Waals surface area contributed by atoms with Gasteiger partial charge in [0.05, 0.1) is 6.67 Å². The summed E-state index contributed by atoms with van der Waals surface area (Å²) in [7, 11) is 0. The van der Waals surface area contributed by atoms with Crippen LogP contribution in [0, 0.1) is 0 Å². The molecule has 0 aliphatic heterocycles. The maximum absolute atomic E-state index is 10.2. The Balaban J connectivity index is 1.99. The molecule has 2 atom stereocenters. The lowest BCUT2D eigenvalue weighted by molar-refractivity contribution is -0.109. The Kier molecular flexibility index (Phi) is 4.56. The molecule has 1 aliphatic rings. The molecular formula is C14H20N2O. The predicted octanol–water partition coefficient (Wildman–Crippen LogP) is 2.01. The Morgan fingerprint density at radius 2 is 1.94 bits per heavy atom. The molecule has 2 unspecified atom stereocenters. The molecule has 0 radical (unpaired) electrons. The normalized spacial score (nSPS) is 24.2. The van der Waals surface area contributed by atoms with E-state index >= 15 is 0 Å². The molecule has 1 aromatic rings. The fraction of sp³-hybridized carbons (Fsp3) is 0.500. The first-order valence-corrected chi connectivity index (χ1v) is 6.37. The van der Waals surface area contributed by atoms with Crippen LogP contribution in [0.4, 0.5) is 0 Å². The Hall–Kier alpha value is -1.35. The monoisotopic (exact) mass is 232 g/mol. The van der Waals surface area contributed by atoms with Crippen molar-refractivity contribution < 1.29 is 4.79 Å². The molecule has 1 amide bonds. The highest BCUT2D eigenvalue weighted by atomic mass is 16.1. The van der Waals surface area contributed by atoms with Gasteiger partial charge in [-0.1, -0.05) is 43.2 Å². The van der Waals surface area contributed by atoms with E-state index in [1.54, 1.807) is 0 Å². The van der Waals surface area contributed by atoms with Crippen LogP contribution in [0.3, 0.4) is 0 Å². The van der Waals surface area contributed by atoms with E-state index in [1.165, 1.54) is 31.2 Å². The summed E-state index contributed by atoms with van der Waals surface area (Å²) in [6.07, 6.45) is 5.76. The minimum absolute atomic E-state index is 0.485. The lowest BCUT2D eigenvalue weighted by atomic mass is 9.80. The summed E-state index contributed by atoms with van der Waals surface area (Å²) < 4.78 is 0. The van der Waals surface area contributed by atoms with Crippen molar-refractivity contribution in [3.05, 3.63) is 35.9 Å². The second-order valence-electron chi connectivity index (χ2n) is 4.61. The summed E-state index contributed by atoms with van der Waals surface area (Å²) in [5, 5.41) is 6.10. The third-order valence-electron chi connectivity index (χ3n) is 3.54. The lowest BCUT2D eigenvalue weighted by Crippen LogP contribution is -2.41. The van der Waals surface area contributed by atoms with Crippen molar-refractivity contribution in [1.29, 1.82) is 0 Å². The van der Waals surface area contributed by atoms with Gasteiger partial charge < -0.3 is 5.32 Å². The Bertz CT molecular complexity index is 339. The fourth-order valence-corrected chi connectivity index (χ4v) is 2.71. The summed E-state index contributed by atoms with van der Waals surface area (Å²) in [5.41, 5.74) is 1.41. The van der Waals surface area contributed by atoms with Crippen molar-refractivity contribution in [3.8, 4) is 0 Å². The SMILES string of the molecule is O=CNCNC1CCCCC1c1ccccc1. The number of hydrogen-bond acceptors (Lipinski definition) is 2. The van der Waals surface area contributed by atoms with Gasteiger partial charge in [-0.3, -0.25) is 10.1 Å². The molecule has 1 fully saturated rings. The maximum atomic E-state index is 10.2. The second kappa shape index (κ2) is 6.40. The third-order valence-corrected chi connectivity index (χ3v) is 3.54. The van der Waals surface area contributed by atoms with E-state index in [0.29, 0.717) is 18.6 Å². The molecule has 3 nitrogen and oxygen atoms in total. The van der Waals surface area contributed by atoms with E-state index in [4.69, 9.17) is 0 Å². The lowest BCUT2D eigenvalue weighted by Gasteiger charge is -2.32. The van der Waals surface area contributed by atoms with Crippen LogP contribution in [0.5, 0.6) is 0 Å². The first-order chi connectivity index (χ1) is 8.42. The standard InChI is InChI=1S/C14H20N2O/c17-11-15-10-16-14-9-5-4-8-13(14)12-6-2-1-3-7-12/h1-3,6-7,11,13-14,16H,4-5,8-10H2,(H,15,17). The zero-order valence-electron chi connectivity index (χ0n) is 10.1. The fourth-order valence-electron chi connectivity index (χ4n) is 2.71. The molecule has 2 rings (SSSR count). The number of rotatable bonds is 5. The summed E-state index contributed by atoms with van der Waals surface area (Å²) in [4.78, 5) is 10.2. The second-order valence-corrected chi connectivity index (χ2v) is 4.61. The molecule has 1 saturated carbocycles. The third kappa shape index (κ3) is 3.30. The van der Waals surface area contributed by atoms with E-state index in [9.17, 15) is 4.79 Å². The van der Waals surface area contributed by atoms with Crippen LogP contribution in [0.25, 0.3) is 0 Å². The Morgan fingerprint density at radius 1 is 1.18 bits per heavy atom. The Morgan fingerprint density at radius 3 is 2.71 bits per heavy atom. The zero-order chi connectivity index (χ0) is 11.9. The summed E-state index contributed by atoms with van der Waals surface area (Å²) in [6, 6.07) is 11.2. The molecule has 0 spiro atoms. The molecular weight excluding hydrogens is 212 g/mol. The van der Waals surface area contributed by atoms with Crippen LogP contribution >= 0.6 is 0 Å². The predicted molar refractivity (Wildman–Crippen MR) is 68.6 cm³/mol. The van der Waals surface area contributed by atoms with Crippen LogP contribution in [0.1, 0.15) is 37.2 Å². The minimum atomic E-state index is 0.485. The summed E-state index contributed by atoms with van der Waals surface area (Å²) in [6.45, 7) is 0.567. The first-order valence-electron chi connectivity index (χ1n) is 6.37. The van der Waals surface area contributed by atoms with Crippen LogP contribution in [-0.2, 0) is 4.79 Å². The molecule has 0 heterocycles. The van der Waals surface area contributed by atoms with E-state index in [2.05, 4.69) is 41.0 Å². The van der Waals surface area contributed by atoms with Crippen LogP contribution < -0.4 is 10.6 Å². The molecule has 1 aromatic carbocycles. The van der Waals surface area contributed by atoms with Crippen molar-refractivity contribution in [2.75, 3.05) is 6.67 Å². The van der Waals surface area contributed by atoms with Crippen molar-refractivity contribution in [2.24, 2.45) is 0 Å². The van der Waals surface area contributed by atoms with Crippen LogP contribution in [0.15, 0.2) is 30.3 Å². The van der Waals surface area contributed by atoms with Crippen molar-refractivity contribution >= 4 is 6.41 Å². The van der Waals surface area contributed by atoms with Gasteiger partial charge >= 0.3 is 0 Å². The van der Waals surface area contributed by atoms with Gasteiger partial charge in [0.1, 0.15) is 0 Å². The van der Waals surface area contributed by atoms with Gasteiger partial charge in [-0.05, 0) is 24.3 Å². The molecule has 0 saturated heterocycles. The van der Waals surface area contributed by atoms with Gasteiger partial charge in [-0.2, -0.15) is 0 Å². The molecule has 0 bridgehead atoms. The van der Waals surface area contributed by atoms with Crippen LogP contribution in [0.2, 0.25) is 0 Å². The highest BCUT2D eigenvalue weighted by molar-refractivity contribution is 5.45. The molecule has 17 heavy (non-hydrogen) atoms. The summed E-state index contributed by atoms with van der Waals surface area (Å²) in [5.74, 6) is 0.582. The average molecular weight is 232 g/mol. The van der Waals surface area contributed by atoms with Gasteiger partial charge in [0.2, 0.25) is 6.41 Å². The molecule has 3 heteroatoms. The Labute approximate surface area is 103 Å². The largest absolute Gasteiger partial charge is 0.346 e. The van der Waals surface area contributed by atoms with E-state index < -0.39 is 0 Å². The topological polar surface area (TPSA) is 41.1 Å². The van der Waals surface area contributed by atoms with Crippen molar-refractivity contribution in [3.63, 3.8) is 0 Å². The number of amides is 1. The number of hydrogen-bond donors (Lipinski definition) is 2. The van der Waals surface area contributed by atoms with Crippen molar-refractivity contribution in [1.82, 2.24) is 10.6 Å². The van der Waals surface area contributed by atoms with E-state index in [0.717, 1.165) is 6.41 Å². The van der Waals surface area contributed by atoms with Gasteiger partial charge in [0, 0.05) is 6.04 Å². The average Bonchev–Trinajstić information content (AvgIpc) is 2.41. The number of carbonyl (C=O) groups is 1. The maximum Gasteiger partial charge on any atom is 0.208 e. The number of carbonyl (C=O) groups excluding carboxylic acids is 1. The highest BCUT2D eigenvalue weighted by Crippen LogP contribution is 2.32. The zero-order valence-corrected chi connectivity index (χ0v) is 10.1. The van der Waals surface area contributed by atoms with Gasteiger partial charge in [0.25, 0.3) is 0 Å². The van der Waals surface area contributed by atoms with Gasteiger partial charge in [-0.25, -0.2) is 0 Å². The van der Waals surface area contributed by atoms with Gasteiger partial charge in [0.15, 0.2) is 0 Å². The first kappa shape index (κ1) is 12.1.